The fourth-order valence-corrected chi connectivity index (χ4v) is 3.27. The van der Waals surface area contributed by atoms with Crippen LogP contribution < -0.4 is 19.5 Å². The largest absolute Gasteiger partial charge is 0.458 e. The zero-order chi connectivity index (χ0) is 18.6. The number of nitrogens with one attached hydrogen (secondary N) is 1. The minimum Gasteiger partial charge on any atom is -0.458 e. The highest BCUT2D eigenvalue weighted by Gasteiger charge is 2.25. The van der Waals surface area contributed by atoms with Crippen molar-refractivity contribution in [2.75, 3.05) is 19.9 Å². The second-order valence-corrected chi connectivity index (χ2v) is 7.27. The van der Waals surface area contributed by atoms with Crippen LogP contribution in [0.5, 0.6) is 17.5 Å². The van der Waals surface area contributed by atoms with Crippen LogP contribution in [-0.4, -0.2) is 46.9 Å². The molecule has 3 heterocycles. The summed E-state index contributed by atoms with van der Waals surface area (Å²) in [6, 6.07) is 5.87. The molecule has 1 aromatic carbocycles. The normalized spacial score (nSPS) is 18.3. The van der Waals surface area contributed by atoms with Crippen molar-refractivity contribution in [1.82, 2.24) is 20.2 Å². The van der Waals surface area contributed by atoms with Gasteiger partial charge in [-0.3, -0.25) is 0 Å². The van der Waals surface area contributed by atoms with E-state index in [0.29, 0.717) is 31.4 Å². The Kier molecular flexibility index (Phi) is 5.28. The molecule has 27 heavy (non-hydrogen) atoms. The summed E-state index contributed by atoms with van der Waals surface area (Å²) in [6.45, 7) is 1.87. The van der Waals surface area contributed by atoms with Crippen molar-refractivity contribution in [3.05, 3.63) is 40.6 Å². The summed E-state index contributed by atoms with van der Waals surface area (Å²) in [5.74, 6) is 1.44. The molecule has 4 rings (SSSR count). The van der Waals surface area contributed by atoms with Crippen LogP contribution in [0.2, 0.25) is 0 Å². The highest BCUT2D eigenvalue weighted by Crippen LogP contribution is 2.32. The Morgan fingerprint density at radius 2 is 2.11 bits per heavy atom. The number of hydrogen-bond donors (Lipinski definition) is 1. The average molecular weight is 435 g/mol. The molecule has 1 N–H and O–H groups in total. The van der Waals surface area contributed by atoms with Gasteiger partial charge in [0.1, 0.15) is 6.10 Å². The zero-order valence-electron chi connectivity index (χ0n) is 14.6. The molecule has 1 atom stereocenters. The van der Waals surface area contributed by atoms with Crippen LogP contribution in [0.1, 0.15) is 18.4 Å². The van der Waals surface area contributed by atoms with Crippen LogP contribution in [0.4, 0.5) is 4.79 Å². The van der Waals surface area contributed by atoms with Gasteiger partial charge in [0.25, 0.3) is 0 Å². The monoisotopic (exact) mass is 434 g/mol. The van der Waals surface area contributed by atoms with Gasteiger partial charge in [0.05, 0.1) is 11.0 Å². The van der Waals surface area contributed by atoms with E-state index >= 15 is 0 Å². The molecule has 142 valence electrons. The zero-order valence-corrected chi connectivity index (χ0v) is 16.1. The fourth-order valence-electron chi connectivity index (χ4n) is 3.07. The summed E-state index contributed by atoms with van der Waals surface area (Å²) in [5.41, 5.74) is 0.959. The Morgan fingerprint density at radius 1 is 1.30 bits per heavy atom. The maximum absolute atomic E-state index is 12.5. The molecule has 2 aliphatic rings. The number of aromatic nitrogens is 2. The van der Waals surface area contributed by atoms with Crippen LogP contribution >= 0.6 is 15.9 Å². The van der Waals surface area contributed by atoms with Gasteiger partial charge in [-0.2, -0.15) is 0 Å². The summed E-state index contributed by atoms with van der Waals surface area (Å²) in [4.78, 5) is 22.5. The number of ether oxygens (including phenoxy) is 3. The molecule has 0 aliphatic carbocycles. The number of amides is 2. The molecule has 8 nitrogen and oxygen atoms in total. The highest BCUT2D eigenvalue weighted by molar-refractivity contribution is 9.10. The van der Waals surface area contributed by atoms with Gasteiger partial charge in [0, 0.05) is 25.5 Å². The molecule has 0 bridgehead atoms. The van der Waals surface area contributed by atoms with Crippen molar-refractivity contribution in [2.45, 2.75) is 25.5 Å². The van der Waals surface area contributed by atoms with Gasteiger partial charge >= 0.3 is 12.0 Å². The van der Waals surface area contributed by atoms with E-state index in [0.717, 1.165) is 28.6 Å². The molecule has 0 saturated carbocycles. The first-order chi connectivity index (χ1) is 13.2. The third kappa shape index (κ3) is 4.41. The van der Waals surface area contributed by atoms with E-state index in [1.807, 2.05) is 18.2 Å². The molecule has 2 amide bonds. The molecule has 0 spiro atoms. The number of nitrogens with zero attached hydrogens (tertiary/aromatic N) is 3. The topological polar surface area (TPSA) is 85.8 Å². The van der Waals surface area contributed by atoms with Gasteiger partial charge in [-0.1, -0.05) is 6.07 Å². The van der Waals surface area contributed by atoms with E-state index in [1.54, 1.807) is 17.3 Å². The van der Waals surface area contributed by atoms with Crippen molar-refractivity contribution < 1.29 is 19.0 Å². The van der Waals surface area contributed by atoms with E-state index in [-0.39, 0.29) is 18.9 Å². The minimum absolute atomic E-state index is 0.113. The Bertz CT molecular complexity index is 818. The Hall–Kier alpha value is -2.55. The minimum atomic E-state index is -0.115. The number of hydrogen-bond acceptors (Lipinski definition) is 6. The number of benzene rings is 1. The standard InChI is InChI=1S/C18H19BrN4O4/c19-13-8-20-17(21-9-13)27-14-2-1-5-23(10-14)18(24)22-7-12-3-4-15-16(6-12)26-11-25-15/h3-4,6,8-9,14H,1-2,5,7,10-11H2,(H,22,24). The Morgan fingerprint density at radius 3 is 2.96 bits per heavy atom. The van der Waals surface area contributed by atoms with E-state index < -0.39 is 0 Å². The third-order valence-electron chi connectivity index (χ3n) is 4.41. The Labute approximate surface area is 165 Å². The third-order valence-corrected chi connectivity index (χ3v) is 4.82. The lowest BCUT2D eigenvalue weighted by Gasteiger charge is -2.32. The summed E-state index contributed by atoms with van der Waals surface area (Å²) in [6.07, 6.45) is 4.91. The maximum Gasteiger partial charge on any atom is 0.317 e. The fraction of sp³-hybridized carbons (Fsp3) is 0.389. The Balaban J connectivity index is 1.29. The van der Waals surface area contributed by atoms with Gasteiger partial charge in [0.15, 0.2) is 11.5 Å². The van der Waals surface area contributed by atoms with Gasteiger partial charge in [-0.15, -0.1) is 0 Å². The molecule has 0 radical (unpaired) electrons. The summed E-state index contributed by atoms with van der Waals surface area (Å²) in [5, 5.41) is 2.95. The predicted molar refractivity (Wildman–Crippen MR) is 99.8 cm³/mol. The molecule has 2 aliphatic heterocycles. The first-order valence-corrected chi connectivity index (χ1v) is 9.52. The molecular weight excluding hydrogens is 416 g/mol. The molecule has 1 saturated heterocycles. The van der Waals surface area contributed by atoms with Crippen LogP contribution in [0.3, 0.4) is 0 Å². The lowest BCUT2D eigenvalue weighted by molar-refractivity contribution is 0.0937. The molecule has 1 unspecified atom stereocenters. The number of rotatable bonds is 4. The van der Waals surface area contributed by atoms with Crippen molar-refractivity contribution in [1.29, 1.82) is 0 Å². The van der Waals surface area contributed by atoms with Gasteiger partial charge in [0.2, 0.25) is 6.79 Å². The van der Waals surface area contributed by atoms with Crippen LogP contribution in [0.25, 0.3) is 0 Å². The number of fused-ring (bicyclic) bond motifs is 1. The van der Waals surface area contributed by atoms with E-state index in [1.165, 1.54) is 0 Å². The van der Waals surface area contributed by atoms with Gasteiger partial charge < -0.3 is 24.4 Å². The van der Waals surface area contributed by atoms with E-state index in [2.05, 4.69) is 31.2 Å². The van der Waals surface area contributed by atoms with E-state index in [9.17, 15) is 4.79 Å². The lowest BCUT2D eigenvalue weighted by atomic mass is 10.1. The number of carbonyl (C=O) groups excluding carboxylic acids is 1. The van der Waals surface area contributed by atoms with Crippen LogP contribution in [0, 0.1) is 0 Å². The number of likely N-dealkylation sites (tertiary alicyclic amines) is 1. The van der Waals surface area contributed by atoms with Crippen LogP contribution in [0.15, 0.2) is 35.1 Å². The van der Waals surface area contributed by atoms with Crippen molar-refractivity contribution >= 4 is 22.0 Å². The first-order valence-electron chi connectivity index (χ1n) is 8.73. The molecule has 2 aromatic rings. The highest BCUT2D eigenvalue weighted by atomic mass is 79.9. The molecule has 9 heteroatoms. The molecule has 1 fully saturated rings. The lowest BCUT2D eigenvalue weighted by Crippen LogP contribution is -2.48. The average Bonchev–Trinajstić information content (AvgIpc) is 3.16. The number of piperidine rings is 1. The SMILES string of the molecule is O=C(NCc1ccc2c(c1)OCO2)N1CCCC(Oc2ncc(Br)cn2)C1. The number of urea groups is 1. The number of carbonyl (C=O) groups is 1. The second-order valence-electron chi connectivity index (χ2n) is 6.36. The van der Waals surface area contributed by atoms with Crippen molar-refractivity contribution in [3.63, 3.8) is 0 Å². The number of halogens is 1. The predicted octanol–water partition coefficient (Wildman–Crippen LogP) is 2.72. The molecular formula is C18H19BrN4O4. The first kappa shape index (κ1) is 17.8. The molecule has 1 aromatic heterocycles. The van der Waals surface area contributed by atoms with E-state index in [4.69, 9.17) is 14.2 Å². The van der Waals surface area contributed by atoms with Gasteiger partial charge in [-0.25, -0.2) is 14.8 Å². The second kappa shape index (κ2) is 7.99. The quantitative estimate of drug-likeness (QED) is 0.795. The summed E-state index contributed by atoms with van der Waals surface area (Å²) < 4.78 is 17.3. The van der Waals surface area contributed by atoms with Crippen LogP contribution in [-0.2, 0) is 6.54 Å². The summed E-state index contributed by atoms with van der Waals surface area (Å²) in [7, 11) is 0. The maximum atomic E-state index is 12.5. The van der Waals surface area contributed by atoms with Crippen molar-refractivity contribution in [3.8, 4) is 17.5 Å². The van der Waals surface area contributed by atoms with Gasteiger partial charge in [-0.05, 0) is 46.5 Å². The smallest absolute Gasteiger partial charge is 0.317 e. The summed E-state index contributed by atoms with van der Waals surface area (Å²) >= 11 is 3.30. The van der Waals surface area contributed by atoms with Crippen molar-refractivity contribution in [2.24, 2.45) is 0 Å².